The summed E-state index contributed by atoms with van der Waals surface area (Å²) in [5.74, 6) is 0. The van der Waals surface area contributed by atoms with Crippen molar-refractivity contribution in [2.75, 3.05) is 0 Å². The van der Waals surface area contributed by atoms with Gasteiger partial charge in [0, 0.05) is 6.20 Å². The third-order valence-electron chi connectivity index (χ3n) is 1.87. The Labute approximate surface area is 86.2 Å². The van der Waals surface area contributed by atoms with E-state index in [1.807, 2.05) is 36.5 Å². The second-order valence-electron chi connectivity index (χ2n) is 2.86. The van der Waals surface area contributed by atoms with Crippen LogP contribution in [0.3, 0.4) is 0 Å². The van der Waals surface area contributed by atoms with E-state index < -0.39 is 0 Å². The van der Waals surface area contributed by atoms with Crippen molar-refractivity contribution in [2.24, 2.45) is 0 Å². The molecule has 0 bridgehead atoms. The molecule has 0 saturated carbocycles. The van der Waals surface area contributed by atoms with E-state index in [9.17, 15) is 4.79 Å². The Hall–Kier alpha value is -1.48. The highest BCUT2D eigenvalue weighted by atomic mass is 32.1. The number of carbonyl (C=O) groups excluding carboxylic acids is 1. The predicted octanol–water partition coefficient (Wildman–Crippen LogP) is 2.55. The van der Waals surface area contributed by atoms with Gasteiger partial charge in [-0.25, -0.2) is 4.98 Å². The van der Waals surface area contributed by atoms with E-state index in [4.69, 9.17) is 0 Å². The van der Waals surface area contributed by atoms with Crippen LogP contribution in [0.5, 0.6) is 0 Å². The van der Waals surface area contributed by atoms with Crippen LogP contribution >= 0.6 is 11.3 Å². The molecule has 0 fully saturated rings. The van der Waals surface area contributed by atoms with Gasteiger partial charge in [0.1, 0.15) is 11.3 Å². The molecule has 0 aliphatic carbocycles. The van der Waals surface area contributed by atoms with Crippen LogP contribution in [-0.4, -0.2) is 11.3 Å². The first-order chi connectivity index (χ1) is 6.90. The lowest BCUT2D eigenvalue weighted by molar-refractivity contribution is -0.107. The van der Waals surface area contributed by atoms with Gasteiger partial charge < -0.3 is 4.79 Å². The number of carbonyl (C=O) groups is 1. The van der Waals surface area contributed by atoms with E-state index >= 15 is 0 Å². The molecule has 1 aromatic carbocycles. The molecule has 0 aliphatic heterocycles. The fourth-order valence-electron chi connectivity index (χ4n) is 1.21. The van der Waals surface area contributed by atoms with E-state index in [-0.39, 0.29) is 0 Å². The SMILES string of the molecule is O=CCc1ncc(-c2ccccc2)s1. The third-order valence-corrected chi connectivity index (χ3v) is 2.94. The fraction of sp³-hybridized carbons (Fsp3) is 0.0909. The Balaban J connectivity index is 2.29. The van der Waals surface area contributed by atoms with Crippen LogP contribution in [0.1, 0.15) is 5.01 Å². The van der Waals surface area contributed by atoms with Gasteiger partial charge in [-0.2, -0.15) is 0 Å². The van der Waals surface area contributed by atoms with Crippen LogP contribution in [0.4, 0.5) is 0 Å². The van der Waals surface area contributed by atoms with Gasteiger partial charge in [-0.3, -0.25) is 0 Å². The lowest BCUT2D eigenvalue weighted by Crippen LogP contribution is -1.80. The van der Waals surface area contributed by atoms with E-state index in [0.29, 0.717) is 6.42 Å². The Bertz CT molecular complexity index is 422. The molecule has 2 aromatic rings. The molecular formula is C11H9NOS. The topological polar surface area (TPSA) is 30.0 Å². The summed E-state index contributed by atoms with van der Waals surface area (Å²) in [6.07, 6.45) is 3.12. The molecule has 3 heteroatoms. The quantitative estimate of drug-likeness (QED) is 0.717. The molecule has 2 rings (SSSR count). The number of aldehydes is 1. The zero-order valence-corrected chi connectivity index (χ0v) is 8.33. The van der Waals surface area contributed by atoms with Crippen molar-refractivity contribution in [2.45, 2.75) is 6.42 Å². The number of aromatic nitrogens is 1. The fourth-order valence-corrected chi connectivity index (χ4v) is 2.08. The molecule has 0 saturated heterocycles. The van der Waals surface area contributed by atoms with Gasteiger partial charge in [-0.1, -0.05) is 30.3 Å². The van der Waals surface area contributed by atoms with Crippen LogP contribution in [0.15, 0.2) is 36.5 Å². The Morgan fingerprint density at radius 2 is 2.07 bits per heavy atom. The van der Waals surface area contributed by atoms with Crippen LogP contribution in [0, 0.1) is 0 Å². The molecule has 0 spiro atoms. The van der Waals surface area contributed by atoms with Gasteiger partial charge in [0.15, 0.2) is 0 Å². The number of nitrogens with zero attached hydrogens (tertiary/aromatic N) is 1. The average molecular weight is 203 g/mol. The first-order valence-electron chi connectivity index (χ1n) is 4.34. The van der Waals surface area contributed by atoms with Crippen molar-refractivity contribution in [3.8, 4) is 10.4 Å². The van der Waals surface area contributed by atoms with Gasteiger partial charge in [0.25, 0.3) is 0 Å². The molecule has 0 atom stereocenters. The largest absolute Gasteiger partial charge is 0.303 e. The minimum atomic E-state index is 0.414. The summed E-state index contributed by atoms with van der Waals surface area (Å²) in [6, 6.07) is 10.1. The Morgan fingerprint density at radius 3 is 2.79 bits per heavy atom. The minimum Gasteiger partial charge on any atom is -0.303 e. The van der Waals surface area contributed by atoms with Crippen molar-refractivity contribution in [1.82, 2.24) is 4.98 Å². The van der Waals surface area contributed by atoms with Crippen molar-refractivity contribution in [3.63, 3.8) is 0 Å². The molecule has 70 valence electrons. The van der Waals surface area contributed by atoms with E-state index in [1.54, 1.807) is 11.3 Å². The first kappa shape index (κ1) is 9.09. The van der Waals surface area contributed by atoms with E-state index in [0.717, 1.165) is 21.7 Å². The number of rotatable bonds is 3. The van der Waals surface area contributed by atoms with Gasteiger partial charge in [0.2, 0.25) is 0 Å². The van der Waals surface area contributed by atoms with Crippen molar-refractivity contribution < 1.29 is 4.79 Å². The highest BCUT2D eigenvalue weighted by molar-refractivity contribution is 7.15. The highest BCUT2D eigenvalue weighted by Gasteiger charge is 2.02. The summed E-state index contributed by atoms with van der Waals surface area (Å²) in [4.78, 5) is 15.6. The van der Waals surface area contributed by atoms with Gasteiger partial charge >= 0.3 is 0 Å². The summed E-state index contributed by atoms with van der Waals surface area (Å²) in [5.41, 5.74) is 1.15. The molecule has 2 nitrogen and oxygen atoms in total. The predicted molar refractivity (Wildman–Crippen MR) is 57.3 cm³/mol. The van der Waals surface area contributed by atoms with E-state index in [2.05, 4.69) is 4.98 Å². The van der Waals surface area contributed by atoms with Crippen molar-refractivity contribution in [3.05, 3.63) is 41.5 Å². The van der Waals surface area contributed by atoms with Gasteiger partial charge in [-0.15, -0.1) is 11.3 Å². The standard InChI is InChI=1S/C11H9NOS/c13-7-6-11-12-8-10(14-11)9-4-2-1-3-5-9/h1-5,7-8H,6H2. The summed E-state index contributed by atoms with van der Waals surface area (Å²) in [7, 11) is 0. The Morgan fingerprint density at radius 1 is 1.29 bits per heavy atom. The Kier molecular flexibility index (Phi) is 2.70. The first-order valence-corrected chi connectivity index (χ1v) is 5.15. The second kappa shape index (κ2) is 4.15. The molecule has 0 radical (unpaired) electrons. The zero-order chi connectivity index (χ0) is 9.80. The molecule has 0 amide bonds. The molecule has 0 N–H and O–H groups in total. The van der Waals surface area contributed by atoms with Crippen LogP contribution in [0.2, 0.25) is 0 Å². The normalized spacial score (nSPS) is 10.0. The summed E-state index contributed by atoms with van der Waals surface area (Å²) in [5, 5.41) is 0.874. The number of hydrogen-bond donors (Lipinski definition) is 0. The molecular weight excluding hydrogens is 194 g/mol. The summed E-state index contributed by atoms with van der Waals surface area (Å²) in [6.45, 7) is 0. The van der Waals surface area contributed by atoms with E-state index in [1.165, 1.54) is 0 Å². The number of thiazole rings is 1. The molecule has 14 heavy (non-hydrogen) atoms. The molecule has 0 aliphatic rings. The molecule has 1 heterocycles. The summed E-state index contributed by atoms with van der Waals surface area (Å²) < 4.78 is 0. The molecule has 0 unspecified atom stereocenters. The van der Waals surface area contributed by atoms with Crippen LogP contribution < -0.4 is 0 Å². The van der Waals surface area contributed by atoms with Crippen LogP contribution in [-0.2, 0) is 11.2 Å². The van der Waals surface area contributed by atoms with Crippen molar-refractivity contribution >= 4 is 17.6 Å². The number of benzene rings is 1. The minimum absolute atomic E-state index is 0.414. The van der Waals surface area contributed by atoms with Gasteiger partial charge in [-0.05, 0) is 5.56 Å². The average Bonchev–Trinajstić information content (AvgIpc) is 2.68. The maximum atomic E-state index is 10.3. The zero-order valence-electron chi connectivity index (χ0n) is 7.51. The highest BCUT2D eigenvalue weighted by Crippen LogP contribution is 2.25. The van der Waals surface area contributed by atoms with Crippen LogP contribution in [0.25, 0.3) is 10.4 Å². The maximum Gasteiger partial charge on any atom is 0.126 e. The smallest absolute Gasteiger partial charge is 0.126 e. The second-order valence-corrected chi connectivity index (χ2v) is 3.97. The lowest BCUT2D eigenvalue weighted by atomic mass is 10.2. The summed E-state index contributed by atoms with van der Waals surface area (Å²) >= 11 is 1.57. The maximum absolute atomic E-state index is 10.3. The monoisotopic (exact) mass is 203 g/mol. The number of hydrogen-bond acceptors (Lipinski definition) is 3. The van der Waals surface area contributed by atoms with Gasteiger partial charge in [0.05, 0.1) is 11.3 Å². The third kappa shape index (κ3) is 1.88. The van der Waals surface area contributed by atoms with Crippen molar-refractivity contribution in [1.29, 1.82) is 0 Å². The molecule has 1 aromatic heterocycles. The lowest BCUT2D eigenvalue weighted by Gasteiger charge is -1.92.